The van der Waals surface area contributed by atoms with E-state index in [4.69, 9.17) is 5.11 Å². The third-order valence-corrected chi connectivity index (χ3v) is 2.11. The minimum absolute atomic E-state index is 0.0397. The first kappa shape index (κ1) is 15.2. The van der Waals surface area contributed by atoms with Gasteiger partial charge in [-0.15, -0.1) is 0 Å². The number of amides is 1. The van der Waals surface area contributed by atoms with E-state index < -0.39 is 13.0 Å². The minimum atomic E-state index is -2.56. The van der Waals surface area contributed by atoms with E-state index in [1.54, 1.807) is 0 Å². The highest BCUT2D eigenvalue weighted by Gasteiger charge is 2.19. The molecule has 0 aliphatic carbocycles. The van der Waals surface area contributed by atoms with Gasteiger partial charge in [0.05, 0.1) is 13.2 Å². The fourth-order valence-electron chi connectivity index (χ4n) is 1.42. The van der Waals surface area contributed by atoms with Crippen LogP contribution in [0.5, 0.6) is 0 Å². The number of nitrogens with one attached hydrogen (secondary N) is 1. The van der Waals surface area contributed by atoms with E-state index in [0.29, 0.717) is 0 Å². The van der Waals surface area contributed by atoms with Crippen LogP contribution in [0.4, 0.5) is 8.78 Å². The molecule has 4 nitrogen and oxygen atoms in total. The Bertz CT molecular complexity index is 203. The molecule has 6 heteroatoms. The number of halogens is 2. The summed E-state index contributed by atoms with van der Waals surface area (Å²) in [5.74, 6) is -0.359. The maximum atomic E-state index is 12.2. The number of aliphatic hydroxyl groups excluding tert-OH is 1. The smallest absolute Gasteiger partial charge is 0.255 e. The van der Waals surface area contributed by atoms with Gasteiger partial charge in [-0.25, -0.2) is 8.78 Å². The lowest BCUT2D eigenvalue weighted by Gasteiger charge is -2.23. The Kier molecular flexibility index (Phi) is 8.01. The zero-order valence-corrected chi connectivity index (χ0v) is 9.75. The molecule has 16 heavy (non-hydrogen) atoms. The van der Waals surface area contributed by atoms with E-state index in [9.17, 15) is 13.6 Å². The standard InChI is InChI=1S/C10H20F2N2O2/c1-3-13-8(2)6-10(16)14(4-5-15)7-9(11)12/h8-9,13,15H,3-7H2,1-2H3. The third kappa shape index (κ3) is 6.68. The van der Waals surface area contributed by atoms with Crippen LogP contribution in [0.15, 0.2) is 0 Å². The molecular weight excluding hydrogens is 218 g/mol. The van der Waals surface area contributed by atoms with E-state index in [2.05, 4.69) is 5.32 Å². The van der Waals surface area contributed by atoms with Crippen LogP contribution in [-0.2, 0) is 4.79 Å². The lowest BCUT2D eigenvalue weighted by molar-refractivity contribution is -0.134. The second kappa shape index (κ2) is 8.41. The van der Waals surface area contributed by atoms with Crippen molar-refractivity contribution in [3.63, 3.8) is 0 Å². The molecule has 0 saturated carbocycles. The number of hydrogen-bond acceptors (Lipinski definition) is 3. The van der Waals surface area contributed by atoms with Gasteiger partial charge in [-0.1, -0.05) is 6.92 Å². The number of carbonyl (C=O) groups excluding carboxylic acids is 1. The normalized spacial score (nSPS) is 12.9. The van der Waals surface area contributed by atoms with Gasteiger partial charge >= 0.3 is 0 Å². The number of hydrogen-bond donors (Lipinski definition) is 2. The minimum Gasteiger partial charge on any atom is -0.395 e. The first-order valence-corrected chi connectivity index (χ1v) is 5.41. The van der Waals surface area contributed by atoms with E-state index >= 15 is 0 Å². The molecule has 0 aromatic rings. The van der Waals surface area contributed by atoms with Crippen LogP contribution in [-0.4, -0.2) is 54.6 Å². The summed E-state index contributed by atoms with van der Waals surface area (Å²) in [4.78, 5) is 12.6. The zero-order valence-electron chi connectivity index (χ0n) is 9.75. The van der Waals surface area contributed by atoms with Crippen LogP contribution in [0.1, 0.15) is 20.3 Å². The maximum absolute atomic E-state index is 12.2. The summed E-state index contributed by atoms with van der Waals surface area (Å²) in [5, 5.41) is 11.7. The summed E-state index contributed by atoms with van der Waals surface area (Å²) in [7, 11) is 0. The topological polar surface area (TPSA) is 52.6 Å². The lowest BCUT2D eigenvalue weighted by Crippen LogP contribution is -2.40. The van der Waals surface area contributed by atoms with Crippen molar-refractivity contribution in [3.8, 4) is 0 Å². The van der Waals surface area contributed by atoms with Crippen LogP contribution in [0.25, 0.3) is 0 Å². The Morgan fingerprint density at radius 2 is 2.12 bits per heavy atom. The third-order valence-electron chi connectivity index (χ3n) is 2.11. The molecule has 1 atom stereocenters. The summed E-state index contributed by atoms with van der Waals surface area (Å²) in [6.07, 6.45) is -2.40. The van der Waals surface area contributed by atoms with Crippen LogP contribution < -0.4 is 5.32 Å². The molecule has 0 aromatic carbocycles. The van der Waals surface area contributed by atoms with Crippen LogP contribution in [0.2, 0.25) is 0 Å². The van der Waals surface area contributed by atoms with Gasteiger partial charge in [-0.3, -0.25) is 4.79 Å². The van der Waals surface area contributed by atoms with Gasteiger partial charge in [-0.05, 0) is 13.5 Å². The quantitative estimate of drug-likeness (QED) is 0.646. The highest BCUT2D eigenvalue weighted by Crippen LogP contribution is 2.03. The molecule has 0 fully saturated rings. The Labute approximate surface area is 94.6 Å². The summed E-state index contributed by atoms with van der Waals surface area (Å²) >= 11 is 0. The van der Waals surface area contributed by atoms with Gasteiger partial charge in [0.2, 0.25) is 5.91 Å². The molecule has 0 spiro atoms. The predicted molar refractivity (Wildman–Crippen MR) is 57.4 cm³/mol. The monoisotopic (exact) mass is 238 g/mol. The first-order valence-electron chi connectivity index (χ1n) is 5.41. The van der Waals surface area contributed by atoms with E-state index in [0.717, 1.165) is 11.4 Å². The van der Waals surface area contributed by atoms with Gasteiger partial charge < -0.3 is 15.3 Å². The molecule has 1 amide bonds. The largest absolute Gasteiger partial charge is 0.395 e. The molecule has 1 unspecified atom stereocenters. The van der Waals surface area contributed by atoms with E-state index in [1.807, 2.05) is 13.8 Å². The van der Waals surface area contributed by atoms with Crippen molar-refractivity contribution in [2.75, 3.05) is 26.2 Å². The fourth-order valence-corrected chi connectivity index (χ4v) is 1.42. The summed E-state index contributed by atoms with van der Waals surface area (Å²) in [5.41, 5.74) is 0. The Balaban J connectivity index is 4.15. The lowest BCUT2D eigenvalue weighted by atomic mass is 10.2. The average Bonchev–Trinajstić information content (AvgIpc) is 2.16. The SMILES string of the molecule is CCNC(C)CC(=O)N(CCO)CC(F)F. The molecule has 0 aromatic heterocycles. The van der Waals surface area contributed by atoms with Gasteiger partial charge in [-0.2, -0.15) is 0 Å². The number of rotatable bonds is 8. The van der Waals surface area contributed by atoms with Crippen molar-refractivity contribution in [1.29, 1.82) is 0 Å². The molecule has 2 N–H and O–H groups in total. The number of nitrogens with zero attached hydrogens (tertiary/aromatic N) is 1. The molecule has 0 aliphatic heterocycles. The number of alkyl halides is 2. The summed E-state index contributed by atoms with van der Waals surface area (Å²) < 4.78 is 24.3. The molecule has 0 radical (unpaired) electrons. The van der Waals surface area contributed by atoms with E-state index in [1.165, 1.54) is 0 Å². The first-order chi connectivity index (χ1) is 7.51. The average molecular weight is 238 g/mol. The summed E-state index contributed by atoms with van der Waals surface area (Å²) in [6.45, 7) is 3.50. The van der Waals surface area contributed by atoms with Crippen molar-refractivity contribution < 1.29 is 18.7 Å². The molecular formula is C10H20F2N2O2. The second-order valence-corrected chi connectivity index (χ2v) is 3.62. The number of aliphatic hydroxyl groups is 1. The Hall–Kier alpha value is -0.750. The predicted octanol–water partition coefficient (Wildman–Crippen LogP) is 0.460. The Morgan fingerprint density at radius 3 is 2.56 bits per heavy atom. The molecule has 0 saturated heterocycles. The highest BCUT2D eigenvalue weighted by atomic mass is 19.3. The van der Waals surface area contributed by atoms with Crippen LogP contribution in [0, 0.1) is 0 Å². The zero-order chi connectivity index (χ0) is 12.6. The van der Waals surface area contributed by atoms with Gasteiger partial charge in [0, 0.05) is 19.0 Å². The van der Waals surface area contributed by atoms with Crippen molar-refractivity contribution in [3.05, 3.63) is 0 Å². The van der Waals surface area contributed by atoms with Crippen LogP contribution >= 0.6 is 0 Å². The van der Waals surface area contributed by atoms with Gasteiger partial charge in [0.25, 0.3) is 6.43 Å². The molecule has 0 rings (SSSR count). The second-order valence-electron chi connectivity index (χ2n) is 3.62. The Morgan fingerprint density at radius 1 is 1.50 bits per heavy atom. The van der Waals surface area contributed by atoms with Crippen molar-refractivity contribution in [2.24, 2.45) is 0 Å². The van der Waals surface area contributed by atoms with E-state index in [-0.39, 0.29) is 31.5 Å². The molecule has 0 bridgehead atoms. The number of carbonyl (C=O) groups is 1. The van der Waals surface area contributed by atoms with Gasteiger partial charge in [0.1, 0.15) is 0 Å². The van der Waals surface area contributed by atoms with Crippen molar-refractivity contribution >= 4 is 5.91 Å². The van der Waals surface area contributed by atoms with Crippen LogP contribution in [0.3, 0.4) is 0 Å². The molecule has 0 aliphatic rings. The molecule has 0 heterocycles. The van der Waals surface area contributed by atoms with Gasteiger partial charge in [0.15, 0.2) is 0 Å². The fraction of sp³-hybridized carbons (Fsp3) is 0.900. The van der Waals surface area contributed by atoms with Crippen molar-refractivity contribution in [2.45, 2.75) is 32.7 Å². The van der Waals surface area contributed by atoms with Crippen molar-refractivity contribution in [1.82, 2.24) is 10.2 Å². The molecule has 96 valence electrons. The highest BCUT2D eigenvalue weighted by molar-refractivity contribution is 5.76. The maximum Gasteiger partial charge on any atom is 0.255 e. The summed E-state index contributed by atoms with van der Waals surface area (Å²) in [6, 6.07) is -0.0450.